The van der Waals surface area contributed by atoms with E-state index in [1.165, 1.54) is 22.8 Å². The molecule has 0 aliphatic rings. The minimum absolute atomic E-state index is 0.0630. The highest BCUT2D eigenvalue weighted by molar-refractivity contribution is 5.67. The van der Waals surface area contributed by atoms with Gasteiger partial charge in [-0.15, -0.1) is 4.91 Å². The molecule has 0 spiro atoms. The Bertz CT molecular complexity index is 552. The van der Waals surface area contributed by atoms with Crippen molar-refractivity contribution in [1.82, 2.24) is 9.61 Å². The average Bonchev–Trinajstić information content (AvgIpc) is 2.62. The van der Waals surface area contributed by atoms with Crippen molar-refractivity contribution in [2.45, 2.75) is 0 Å². The number of nitriles is 1. The number of aromatic hydroxyl groups is 1. The Morgan fingerprint density at radius 2 is 2.36 bits per heavy atom. The zero-order chi connectivity index (χ0) is 10.1. The van der Waals surface area contributed by atoms with Crippen LogP contribution in [-0.2, 0) is 0 Å². The summed E-state index contributed by atoms with van der Waals surface area (Å²) in [7, 11) is 0. The lowest BCUT2D eigenvalue weighted by molar-refractivity contribution is 0.475. The van der Waals surface area contributed by atoms with Crippen LogP contribution in [0.15, 0.2) is 23.5 Å². The van der Waals surface area contributed by atoms with Crippen LogP contribution in [0.4, 0.5) is 5.82 Å². The molecule has 1 N–H and O–H groups in total. The van der Waals surface area contributed by atoms with Gasteiger partial charge in [0, 0.05) is 0 Å². The molecule has 0 aliphatic heterocycles. The van der Waals surface area contributed by atoms with Gasteiger partial charge in [-0.3, -0.25) is 0 Å². The molecule has 2 aromatic rings. The lowest BCUT2D eigenvalue weighted by Gasteiger charge is -1.98. The maximum Gasteiger partial charge on any atom is 0.198 e. The van der Waals surface area contributed by atoms with Crippen molar-refractivity contribution in [3.63, 3.8) is 0 Å². The molecule has 0 saturated heterocycles. The SMILES string of the molecule is N#Cc1cnn2c(N=O)ccc2c1O. The monoisotopic (exact) mass is 188 g/mol. The van der Waals surface area contributed by atoms with Gasteiger partial charge < -0.3 is 5.11 Å². The second-order valence-corrected chi connectivity index (χ2v) is 2.60. The molecule has 0 saturated carbocycles. The van der Waals surface area contributed by atoms with Gasteiger partial charge in [0.05, 0.1) is 6.20 Å². The van der Waals surface area contributed by atoms with E-state index in [0.29, 0.717) is 5.52 Å². The van der Waals surface area contributed by atoms with Gasteiger partial charge in [0.15, 0.2) is 11.6 Å². The standard InChI is InChI=1S/C8H4N4O2/c9-3-5-4-10-12-6(8(5)13)1-2-7(12)11-14/h1-2,4,13H. The molecule has 68 valence electrons. The molecule has 2 aromatic heterocycles. The van der Waals surface area contributed by atoms with Crippen LogP contribution in [0.2, 0.25) is 0 Å². The summed E-state index contributed by atoms with van der Waals surface area (Å²) < 4.78 is 1.17. The quantitative estimate of drug-likeness (QED) is 0.683. The number of rotatable bonds is 1. The molecule has 6 nitrogen and oxygen atoms in total. The molecule has 0 unspecified atom stereocenters. The summed E-state index contributed by atoms with van der Waals surface area (Å²) in [4.78, 5) is 10.3. The van der Waals surface area contributed by atoms with Crippen LogP contribution in [0.5, 0.6) is 5.75 Å². The van der Waals surface area contributed by atoms with Gasteiger partial charge in [0.25, 0.3) is 0 Å². The Morgan fingerprint density at radius 1 is 1.57 bits per heavy atom. The molecular weight excluding hydrogens is 184 g/mol. The van der Waals surface area contributed by atoms with Crippen molar-refractivity contribution in [1.29, 1.82) is 5.26 Å². The molecule has 0 aromatic carbocycles. The summed E-state index contributed by atoms with van der Waals surface area (Å²) >= 11 is 0. The van der Waals surface area contributed by atoms with Crippen molar-refractivity contribution >= 4 is 11.3 Å². The third-order valence-electron chi connectivity index (χ3n) is 1.85. The molecule has 2 rings (SSSR count). The third-order valence-corrected chi connectivity index (χ3v) is 1.85. The number of nitrogens with zero attached hydrogens (tertiary/aromatic N) is 4. The zero-order valence-electron chi connectivity index (χ0n) is 6.88. The van der Waals surface area contributed by atoms with E-state index < -0.39 is 0 Å². The van der Waals surface area contributed by atoms with Crippen molar-refractivity contribution in [3.8, 4) is 11.8 Å². The van der Waals surface area contributed by atoms with E-state index in [9.17, 15) is 10.0 Å². The van der Waals surface area contributed by atoms with E-state index in [4.69, 9.17) is 5.26 Å². The van der Waals surface area contributed by atoms with Crippen molar-refractivity contribution in [2.75, 3.05) is 0 Å². The first-order valence-corrected chi connectivity index (χ1v) is 3.71. The van der Waals surface area contributed by atoms with E-state index in [-0.39, 0.29) is 17.1 Å². The summed E-state index contributed by atoms with van der Waals surface area (Å²) in [6, 6.07) is 4.67. The maximum absolute atomic E-state index is 10.3. The van der Waals surface area contributed by atoms with Gasteiger partial charge in [-0.1, -0.05) is 0 Å². The third kappa shape index (κ3) is 0.927. The molecule has 0 aliphatic carbocycles. The van der Waals surface area contributed by atoms with Gasteiger partial charge >= 0.3 is 0 Å². The first-order chi connectivity index (χ1) is 6.77. The highest BCUT2D eigenvalue weighted by atomic mass is 16.3. The van der Waals surface area contributed by atoms with Crippen LogP contribution < -0.4 is 0 Å². The Balaban J connectivity index is 2.87. The van der Waals surface area contributed by atoms with Gasteiger partial charge in [0.2, 0.25) is 0 Å². The van der Waals surface area contributed by atoms with Gasteiger partial charge in [-0.2, -0.15) is 10.4 Å². The number of fused-ring (bicyclic) bond motifs is 1. The van der Waals surface area contributed by atoms with E-state index >= 15 is 0 Å². The summed E-state index contributed by atoms with van der Waals surface area (Å²) in [5, 5.41) is 24.6. The molecule has 0 bridgehead atoms. The van der Waals surface area contributed by atoms with E-state index in [0.717, 1.165) is 0 Å². The van der Waals surface area contributed by atoms with Crippen molar-refractivity contribution in [3.05, 3.63) is 28.8 Å². The average molecular weight is 188 g/mol. The van der Waals surface area contributed by atoms with Crippen LogP contribution in [0.3, 0.4) is 0 Å². The molecule has 0 amide bonds. The Labute approximate surface area is 78.0 Å². The molecule has 0 fully saturated rings. The Morgan fingerprint density at radius 3 is 3.00 bits per heavy atom. The van der Waals surface area contributed by atoms with Crippen molar-refractivity contribution < 1.29 is 5.11 Å². The number of aromatic nitrogens is 2. The van der Waals surface area contributed by atoms with Gasteiger partial charge in [-0.05, 0) is 17.3 Å². The predicted octanol–water partition coefficient (Wildman–Crippen LogP) is 1.31. The molecule has 0 radical (unpaired) electrons. The fourth-order valence-corrected chi connectivity index (χ4v) is 1.18. The predicted molar refractivity (Wildman–Crippen MR) is 47.0 cm³/mol. The molecule has 2 heterocycles. The Hall–Kier alpha value is -2.42. The first kappa shape index (κ1) is 8.19. The van der Waals surface area contributed by atoms with E-state index in [2.05, 4.69) is 10.3 Å². The van der Waals surface area contributed by atoms with E-state index in [1.807, 2.05) is 0 Å². The molecule has 0 atom stereocenters. The normalized spacial score (nSPS) is 9.93. The molecule has 6 heteroatoms. The summed E-state index contributed by atoms with van der Waals surface area (Å²) in [6.07, 6.45) is 1.18. The fraction of sp³-hybridized carbons (Fsp3) is 0. The largest absolute Gasteiger partial charge is 0.504 e. The second kappa shape index (κ2) is 2.81. The number of hydrogen-bond donors (Lipinski definition) is 1. The highest BCUT2D eigenvalue weighted by Crippen LogP contribution is 2.26. The number of hydrogen-bond acceptors (Lipinski definition) is 5. The summed E-state index contributed by atoms with van der Waals surface area (Å²) in [5.41, 5.74) is 0.353. The van der Waals surface area contributed by atoms with Crippen molar-refractivity contribution in [2.24, 2.45) is 5.18 Å². The molecular formula is C8H4N4O2. The molecule has 14 heavy (non-hydrogen) atoms. The van der Waals surface area contributed by atoms with Crippen LogP contribution in [-0.4, -0.2) is 14.7 Å². The van der Waals surface area contributed by atoms with Crippen LogP contribution in [0.1, 0.15) is 5.56 Å². The van der Waals surface area contributed by atoms with Crippen LogP contribution >= 0.6 is 0 Å². The van der Waals surface area contributed by atoms with Crippen LogP contribution in [0.25, 0.3) is 5.52 Å². The number of nitroso groups, excluding NO2 is 1. The lowest BCUT2D eigenvalue weighted by atomic mass is 10.3. The second-order valence-electron chi connectivity index (χ2n) is 2.60. The highest BCUT2D eigenvalue weighted by Gasteiger charge is 2.10. The summed E-state index contributed by atoms with van der Waals surface area (Å²) in [5.74, 6) is -0.114. The maximum atomic E-state index is 10.3. The van der Waals surface area contributed by atoms with E-state index in [1.54, 1.807) is 6.07 Å². The first-order valence-electron chi connectivity index (χ1n) is 3.71. The van der Waals surface area contributed by atoms with Gasteiger partial charge in [0.1, 0.15) is 17.1 Å². The van der Waals surface area contributed by atoms with Gasteiger partial charge in [-0.25, -0.2) is 4.52 Å². The smallest absolute Gasteiger partial charge is 0.198 e. The minimum atomic E-state index is -0.197. The summed E-state index contributed by atoms with van der Waals surface area (Å²) in [6.45, 7) is 0. The van der Waals surface area contributed by atoms with Crippen LogP contribution in [0, 0.1) is 16.2 Å². The Kier molecular flexibility index (Phi) is 1.65. The zero-order valence-corrected chi connectivity index (χ0v) is 6.88. The lowest BCUT2D eigenvalue weighted by Crippen LogP contribution is -1.92. The topological polar surface area (TPSA) is 90.8 Å². The minimum Gasteiger partial charge on any atom is -0.504 e. The fourth-order valence-electron chi connectivity index (χ4n) is 1.18.